The van der Waals surface area contributed by atoms with Crippen LogP contribution in [0.4, 0.5) is 9.59 Å². The lowest BCUT2D eigenvalue weighted by Crippen LogP contribution is -2.56. The van der Waals surface area contributed by atoms with Gasteiger partial charge in [-0.05, 0) is 56.9 Å². The van der Waals surface area contributed by atoms with Crippen LogP contribution in [0.1, 0.15) is 69.9 Å². The minimum atomic E-state index is -1.59. The van der Waals surface area contributed by atoms with Gasteiger partial charge in [-0.2, -0.15) is 11.8 Å². The summed E-state index contributed by atoms with van der Waals surface area (Å²) >= 11 is 1.44. The van der Waals surface area contributed by atoms with Crippen LogP contribution in [0.15, 0.2) is 24.3 Å². The van der Waals surface area contributed by atoms with Gasteiger partial charge in [0.15, 0.2) is 0 Å². The highest BCUT2D eigenvalue weighted by molar-refractivity contribution is 7.98. The highest BCUT2D eigenvalue weighted by Gasteiger charge is 2.30. The number of carbonyl (C=O) groups is 9. The summed E-state index contributed by atoms with van der Waals surface area (Å²) in [5.74, 6) is -7.28. The molecule has 21 heteroatoms. The second-order valence-electron chi connectivity index (χ2n) is 12.7. The number of unbranched alkanes of at least 4 members (excludes halogenated alkanes) is 1. The first-order chi connectivity index (χ1) is 25.9. The van der Waals surface area contributed by atoms with Crippen molar-refractivity contribution < 1.29 is 63.6 Å². The largest absolute Gasteiger partial charge is 0.481 e. The smallest absolute Gasteiger partial charge is 0.326 e. The number of hydrogen-bond acceptors (Lipinski definition) is 10. The third-order valence-electron chi connectivity index (χ3n) is 7.67. The molecule has 7 amide bonds. The number of amides is 7. The van der Waals surface area contributed by atoms with Crippen molar-refractivity contribution in [1.29, 1.82) is 0 Å². The lowest BCUT2D eigenvalue weighted by atomic mass is 10.1. The molecule has 1 aromatic carbocycles. The zero-order valence-corrected chi connectivity index (χ0v) is 31.7. The molecule has 306 valence electrons. The molecule has 0 aliphatic carbocycles. The van der Waals surface area contributed by atoms with Crippen molar-refractivity contribution in [2.45, 2.75) is 102 Å². The Labute approximate surface area is 321 Å². The van der Waals surface area contributed by atoms with Crippen LogP contribution in [0.2, 0.25) is 0 Å². The van der Waals surface area contributed by atoms with Crippen molar-refractivity contribution in [2.75, 3.05) is 18.6 Å². The van der Waals surface area contributed by atoms with Gasteiger partial charge in [-0.1, -0.05) is 24.3 Å². The van der Waals surface area contributed by atoms with Gasteiger partial charge in [0, 0.05) is 37.3 Å². The van der Waals surface area contributed by atoms with Gasteiger partial charge in [-0.15, -0.1) is 0 Å². The second kappa shape index (κ2) is 25.4. The Kier molecular flexibility index (Phi) is 21.9. The fourth-order valence-electron chi connectivity index (χ4n) is 4.92. The summed E-state index contributed by atoms with van der Waals surface area (Å²) < 4.78 is 0. The molecule has 0 unspecified atom stereocenters. The van der Waals surface area contributed by atoms with Crippen molar-refractivity contribution in [3.63, 3.8) is 0 Å². The highest BCUT2D eigenvalue weighted by atomic mass is 32.2. The Morgan fingerprint density at radius 2 is 1.20 bits per heavy atom. The van der Waals surface area contributed by atoms with Gasteiger partial charge in [0.25, 0.3) is 0 Å². The number of urea groups is 2. The molecule has 0 saturated heterocycles. The third-order valence-corrected chi connectivity index (χ3v) is 8.50. The number of aliphatic carboxylic acids is 4. The van der Waals surface area contributed by atoms with Gasteiger partial charge >= 0.3 is 35.9 Å². The molecular formula is C34H51N7O13S. The minimum Gasteiger partial charge on any atom is -0.481 e. The molecule has 55 heavy (non-hydrogen) atoms. The highest BCUT2D eigenvalue weighted by Crippen LogP contribution is 2.07. The SMILES string of the molecule is CSC[C@@H](C)NC(=O)[C@H](CC(=O)O)NC(=O)[C@H](CC(=O)O)NC(=O)Cc1ccc(CNC(=O)NCCCC[C@@H](C)NC(=O)N[C@@H](CCC(=O)O)C(=O)O)cc1. The molecule has 0 aliphatic heterocycles. The molecule has 11 N–H and O–H groups in total. The average molecular weight is 798 g/mol. The fourth-order valence-corrected chi connectivity index (χ4v) is 5.51. The summed E-state index contributed by atoms with van der Waals surface area (Å²) in [6.45, 7) is 3.91. The maximum absolute atomic E-state index is 12.9. The van der Waals surface area contributed by atoms with Gasteiger partial charge in [-0.25, -0.2) is 14.4 Å². The van der Waals surface area contributed by atoms with E-state index in [9.17, 15) is 53.4 Å². The van der Waals surface area contributed by atoms with Crippen molar-refractivity contribution in [1.82, 2.24) is 37.2 Å². The number of nitrogens with one attached hydrogen (secondary N) is 7. The lowest BCUT2D eigenvalue weighted by Gasteiger charge is -2.23. The van der Waals surface area contributed by atoms with Gasteiger partial charge in [-0.3, -0.25) is 28.8 Å². The fraction of sp³-hybridized carbons (Fsp3) is 0.559. The van der Waals surface area contributed by atoms with Gasteiger partial charge in [0.2, 0.25) is 17.7 Å². The van der Waals surface area contributed by atoms with Crippen LogP contribution in [0.25, 0.3) is 0 Å². The van der Waals surface area contributed by atoms with Crippen LogP contribution >= 0.6 is 11.8 Å². The first-order valence-corrected chi connectivity index (χ1v) is 18.7. The van der Waals surface area contributed by atoms with Crippen LogP contribution in [0.5, 0.6) is 0 Å². The molecule has 0 heterocycles. The Morgan fingerprint density at radius 3 is 1.76 bits per heavy atom. The molecule has 1 rings (SSSR count). The van der Waals surface area contributed by atoms with Gasteiger partial charge in [0.05, 0.1) is 19.3 Å². The maximum atomic E-state index is 12.9. The molecule has 0 aromatic heterocycles. The third kappa shape index (κ3) is 21.6. The number of carboxylic acid groups (broad SMARTS) is 4. The van der Waals surface area contributed by atoms with E-state index in [4.69, 9.17) is 10.2 Å². The summed E-state index contributed by atoms with van der Waals surface area (Å²) in [4.78, 5) is 107. The van der Waals surface area contributed by atoms with Crippen molar-refractivity contribution in [3.8, 4) is 0 Å². The van der Waals surface area contributed by atoms with E-state index in [-0.39, 0.29) is 31.5 Å². The summed E-state index contributed by atoms with van der Waals surface area (Å²) in [5, 5.41) is 53.8. The number of thioether (sulfide) groups is 1. The number of carbonyl (C=O) groups excluding carboxylic acids is 5. The molecule has 0 bridgehead atoms. The van der Waals surface area contributed by atoms with E-state index in [0.29, 0.717) is 42.7 Å². The Bertz CT molecular complexity index is 1500. The normalized spacial score (nSPS) is 13.4. The molecule has 1 aromatic rings. The van der Waals surface area contributed by atoms with E-state index in [2.05, 4.69) is 37.2 Å². The zero-order chi connectivity index (χ0) is 41.5. The molecule has 0 saturated carbocycles. The van der Waals surface area contributed by atoms with Crippen molar-refractivity contribution in [3.05, 3.63) is 35.4 Å². The van der Waals surface area contributed by atoms with E-state index in [1.165, 1.54) is 11.8 Å². The quantitative estimate of drug-likeness (QED) is 0.0550. The Hall–Kier alpha value is -5.60. The van der Waals surface area contributed by atoms with E-state index >= 15 is 0 Å². The number of hydrogen-bond donors (Lipinski definition) is 11. The minimum absolute atomic E-state index is 0.153. The van der Waals surface area contributed by atoms with Crippen molar-refractivity contribution >= 4 is 65.4 Å². The predicted molar refractivity (Wildman–Crippen MR) is 198 cm³/mol. The maximum Gasteiger partial charge on any atom is 0.326 e. The Balaban J connectivity index is 2.53. The van der Waals surface area contributed by atoms with Crippen LogP contribution in [-0.2, 0) is 46.5 Å². The molecule has 0 spiro atoms. The van der Waals surface area contributed by atoms with E-state index in [1.807, 2.05) is 6.26 Å². The standard InChI is InChI=1S/C34H51N7O13S/c1-19(38-34(54)41-23(32(51)52)11-12-27(43)44)6-4-5-13-35-33(53)36-17-22-9-7-21(8-10-22)14-26(42)39-24(15-28(45)46)31(50)40-25(16-29(47)48)30(49)37-20(2)18-55-3/h7-10,19-20,23-25H,4-6,11-18H2,1-3H3,(H,37,49)(H,39,42)(H,40,50)(H,43,44)(H,45,46)(H,47,48)(H,51,52)(H2,35,36,53)(H2,38,41,54)/t19-,20-,23+,24+,25+/m1/s1. The molecular weight excluding hydrogens is 746 g/mol. The zero-order valence-electron chi connectivity index (χ0n) is 30.8. The topological polar surface area (TPSA) is 319 Å². The number of carboxylic acids is 4. The lowest BCUT2D eigenvalue weighted by molar-refractivity contribution is -0.143. The second-order valence-corrected chi connectivity index (χ2v) is 13.6. The molecule has 5 atom stereocenters. The predicted octanol–water partition coefficient (Wildman–Crippen LogP) is -0.00900. The first kappa shape index (κ1) is 47.4. The summed E-state index contributed by atoms with van der Waals surface area (Å²) in [6.07, 6.45) is 1.07. The van der Waals surface area contributed by atoms with Crippen LogP contribution in [0, 0.1) is 0 Å². The first-order valence-electron chi connectivity index (χ1n) is 17.3. The summed E-state index contributed by atoms with van der Waals surface area (Å²) in [6, 6.07) is 0.286. The van der Waals surface area contributed by atoms with Crippen LogP contribution in [0.3, 0.4) is 0 Å². The van der Waals surface area contributed by atoms with Crippen molar-refractivity contribution in [2.24, 2.45) is 0 Å². The van der Waals surface area contributed by atoms with Crippen LogP contribution < -0.4 is 37.2 Å². The van der Waals surface area contributed by atoms with E-state index < -0.39 is 91.0 Å². The number of rotatable bonds is 26. The molecule has 0 aliphatic rings. The van der Waals surface area contributed by atoms with E-state index in [1.54, 1.807) is 38.1 Å². The van der Waals surface area contributed by atoms with Crippen LogP contribution in [-0.4, -0.2) is 123 Å². The molecule has 0 fully saturated rings. The van der Waals surface area contributed by atoms with Gasteiger partial charge < -0.3 is 57.6 Å². The Morgan fingerprint density at radius 1 is 0.618 bits per heavy atom. The average Bonchev–Trinajstić information content (AvgIpc) is 3.08. The molecule has 20 nitrogen and oxygen atoms in total. The summed E-state index contributed by atoms with van der Waals surface area (Å²) in [5.41, 5.74) is 1.20. The number of benzene rings is 1. The molecule has 0 radical (unpaired) electrons. The van der Waals surface area contributed by atoms with Gasteiger partial charge in [0.1, 0.15) is 18.1 Å². The monoisotopic (exact) mass is 797 g/mol. The summed E-state index contributed by atoms with van der Waals surface area (Å²) in [7, 11) is 0. The van der Waals surface area contributed by atoms with E-state index in [0.717, 1.165) is 0 Å².